The molecule has 1 aliphatic carbocycles. The van der Waals surface area contributed by atoms with Crippen LogP contribution in [-0.2, 0) is 9.53 Å². The molecule has 3 rings (SSSR count). The Hall–Kier alpha value is -2.60. The molecular formula is C21H25NO4Si. The molecule has 0 radical (unpaired) electrons. The van der Waals surface area contributed by atoms with Gasteiger partial charge in [0.15, 0.2) is 0 Å². The normalized spacial score (nSPS) is 14.2. The summed E-state index contributed by atoms with van der Waals surface area (Å²) in [6.07, 6.45) is -0.678. The van der Waals surface area contributed by atoms with E-state index in [2.05, 4.69) is 37.1 Å². The summed E-state index contributed by atoms with van der Waals surface area (Å²) in [5.74, 6) is -1.06. The molecule has 0 aromatic heterocycles. The zero-order valence-corrected chi connectivity index (χ0v) is 16.9. The number of carbonyl (C=O) groups excluding carboxylic acids is 1. The number of alkyl carbamates (subject to hydrolysis) is 1. The molecule has 2 N–H and O–H groups in total. The van der Waals surface area contributed by atoms with E-state index in [1.165, 1.54) is 0 Å². The lowest BCUT2D eigenvalue weighted by atomic mass is 9.98. The maximum Gasteiger partial charge on any atom is 0.407 e. The minimum atomic E-state index is -1.64. The molecule has 0 spiro atoms. The van der Waals surface area contributed by atoms with Crippen molar-refractivity contribution in [2.45, 2.75) is 37.6 Å². The molecule has 0 saturated heterocycles. The highest BCUT2D eigenvalue weighted by molar-refractivity contribution is 6.76. The molecule has 5 nitrogen and oxygen atoms in total. The van der Waals surface area contributed by atoms with Crippen molar-refractivity contribution in [3.8, 4) is 11.1 Å². The average molecular weight is 384 g/mol. The van der Waals surface area contributed by atoms with E-state index >= 15 is 0 Å². The molecule has 0 saturated carbocycles. The molecule has 142 valence electrons. The summed E-state index contributed by atoms with van der Waals surface area (Å²) in [5, 5.41) is 11.9. The van der Waals surface area contributed by atoms with E-state index in [0.29, 0.717) is 6.04 Å². The van der Waals surface area contributed by atoms with Crippen LogP contribution >= 0.6 is 0 Å². The number of ether oxygens (including phenoxy) is 1. The topological polar surface area (TPSA) is 75.6 Å². The first-order valence-electron chi connectivity index (χ1n) is 9.10. The molecular weight excluding hydrogens is 358 g/mol. The Morgan fingerprint density at radius 2 is 1.56 bits per heavy atom. The molecule has 1 amide bonds. The molecule has 1 atom stereocenters. The van der Waals surface area contributed by atoms with Crippen molar-refractivity contribution in [1.29, 1.82) is 0 Å². The number of carbonyl (C=O) groups is 2. The van der Waals surface area contributed by atoms with Crippen LogP contribution in [0.15, 0.2) is 48.5 Å². The molecule has 2 aromatic rings. The van der Waals surface area contributed by atoms with E-state index in [0.717, 1.165) is 22.3 Å². The zero-order valence-electron chi connectivity index (χ0n) is 15.9. The van der Waals surface area contributed by atoms with Crippen LogP contribution in [0.25, 0.3) is 11.1 Å². The van der Waals surface area contributed by atoms with Crippen molar-refractivity contribution in [2.75, 3.05) is 6.61 Å². The molecule has 6 heteroatoms. The van der Waals surface area contributed by atoms with Crippen molar-refractivity contribution >= 4 is 20.1 Å². The van der Waals surface area contributed by atoms with E-state index in [4.69, 9.17) is 4.74 Å². The van der Waals surface area contributed by atoms with Crippen molar-refractivity contribution in [3.05, 3.63) is 59.7 Å². The lowest BCUT2D eigenvalue weighted by Crippen LogP contribution is -2.45. The molecule has 2 aromatic carbocycles. The largest absolute Gasteiger partial charge is 0.480 e. The van der Waals surface area contributed by atoms with Crippen LogP contribution in [0.4, 0.5) is 4.79 Å². The minimum absolute atomic E-state index is 0.0385. The summed E-state index contributed by atoms with van der Waals surface area (Å²) in [7, 11) is -1.64. The Morgan fingerprint density at radius 1 is 1.04 bits per heavy atom. The monoisotopic (exact) mass is 383 g/mol. The Bertz CT molecular complexity index is 814. The first kappa shape index (κ1) is 19.2. The number of carboxylic acid groups (broad SMARTS) is 1. The average Bonchev–Trinajstić information content (AvgIpc) is 2.92. The fourth-order valence-corrected chi connectivity index (χ4v) is 5.10. The summed E-state index contributed by atoms with van der Waals surface area (Å²) >= 11 is 0. The maximum atomic E-state index is 12.2. The van der Waals surface area contributed by atoms with E-state index in [1.54, 1.807) is 0 Å². The van der Waals surface area contributed by atoms with Crippen molar-refractivity contribution in [2.24, 2.45) is 0 Å². The third-order valence-corrected chi connectivity index (χ3v) is 6.38. The second-order valence-electron chi connectivity index (χ2n) is 8.13. The summed E-state index contributed by atoms with van der Waals surface area (Å²) in [6, 6.07) is 15.8. The van der Waals surface area contributed by atoms with Gasteiger partial charge in [-0.3, -0.25) is 4.79 Å². The van der Waals surface area contributed by atoms with E-state index in [9.17, 15) is 14.7 Å². The van der Waals surface area contributed by atoms with Gasteiger partial charge in [-0.05, 0) is 28.3 Å². The van der Waals surface area contributed by atoms with Crippen LogP contribution in [-0.4, -0.2) is 37.9 Å². The standard InChI is InChI=1S/C21H25NO4Si/c1-27(2,3)13-19(20(23)24)22-21(25)26-12-18-16-10-6-4-8-14(16)15-9-5-7-11-17(15)18/h4-11,18-19H,12-13H2,1-3H3,(H,22,25)(H,23,24)/t19-/m1/s1. The molecule has 0 heterocycles. The SMILES string of the molecule is C[Si](C)(C)C[C@@H](NC(=O)OCC1c2ccccc2-c2ccccc21)C(=O)O. The van der Waals surface area contributed by atoms with Gasteiger partial charge in [0, 0.05) is 14.0 Å². The first-order chi connectivity index (χ1) is 12.8. The van der Waals surface area contributed by atoms with Crippen LogP contribution < -0.4 is 5.32 Å². The van der Waals surface area contributed by atoms with Gasteiger partial charge in [-0.2, -0.15) is 0 Å². The van der Waals surface area contributed by atoms with Crippen LogP contribution in [0.5, 0.6) is 0 Å². The quantitative estimate of drug-likeness (QED) is 0.729. The molecule has 0 aliphatic heterocycles. The van der Waals surface area contributed by atoms with Gasteiger partial charge in [-0.25, -0.2) is 4.79 Å². The van der Waals surface area contributed by atoms with Crippen molar-refractivity contribution in [1.82, 2.24) is 5.32 Å². The predicted octanol–water partition coefficient (Wildman–Crippen LogP) is 4.32. The van der Waals surface area contributed by atoms with Gasteiger partial charge in [0.2, 0.25) is 0 Å². The zero-order chi connectivity index (χ0) is 19.6. The second-order valence-corrected chi connectivity index (χ2v) is 13.7. The van der Waals surface area contributed by atoms with Crippen LogP contribution in [0.1, 0.15) is 17.0 Å². The van der Waals surface area contributed by atoms with Gasteiger partial charge in [0.05, 0.1) is 0 Å². The minimum Gasteiger partial charge on any atom is -0.480 e. The summed E-state index contributed by atoms with van der Waals surface area (Å²) in [5.41, 5.74) is 4.57. The van der Waals surface area contributed by atoms with Crippen molar-refractivity contribution < 1.29 is 19.4 Å². The number of hydrogen-bond acceptors (Lipinski definition) is 3. The Balaban J connectivity index is 1.69. The smallest absolute Gasteiger partial charge is 0.407 e. The fraction of sp³-hybridized carbons (Fsp3) is 0.333. The number of aliphatic carboxylic acids is 1. The number of fused-ring (bicyclic) bond motifs is 3. The fourth-order valence-electron chi connectivity index (χ4n) is 3.59. The summed E-state index contributed by atoms with van der Waals surface area (Å²) < 4.78 is 5.44. The van der Waals surface area contributed by atoms with Gasteiger partial charge in [-0.1, -0.05) is 68.2 Å². The number of nitrogens with one attached hydrogen (secondary N) is 1. The van der Waals surface area contributed by atoms with E-state index in [1.807, 2.05) is 36.4 Å². The lowest BCUT2D eigenvalue weighted by Gasteiger charge is -2.22. The van der Waals surface area contributed by atoms with Gasteiger partial charge >= 0.3 is 12.1 Å². The number of rotatable bonds is 6. The number of carboxylic acids is 1. The van der Waals surface area contributed by atoms with Crippen LogP contribution in [0.3, 0.4) is 0 Å². The van der Waals surface area contributed by atoms with Crippen LogP contribution in [0.2, 0.25) is 25.7 Å². The molecule has 0 fully saturated rings. The highest BCUT2D eigenvalue weighted by Crippen LogP contribution is 2.44. The summed E-state index contributed by atoms with van der Waals surface area (Å²) in [6.45, 7) is 6.40. The van der Waals surface area contributed by atoms with Gasteiger partial charge in [-0.15, -0.1) is 0 Å². The lowest BCUT2D eigenvalue weighted by molar-refractivity contribution is -0.138. The first-order valence-corrected chi connectivity index (χ1v) is 12.8. The predicted molar refractivity (Wildman–Crippen MR) is 108 cm³/mol. The number of benzene rings is 2. The van der Waals surface area contributed by atoms with E-state index < -0.39 is 26.2 Å². The maximum absolute atomic E-state index is 12.2. The number of amides is 1. The third-order valence-electron chi connectivity index (χ3n) is 4.75. The number of hydrogen-bond donors (Lipinski definition) is 2. The van der Waals surface area contributed by atoms with Gasteiger partial charge in [0.25, 0.3) is 0 Å². The van der Waals surface area contributed by atoms with Gasteiger partial charge < -0.3 is 15.2 Å². The second kappa shape index (κ2) is 7.56. The Morgan fingerprint density at radius 3 is 2.04 bits per heavy atom. The van der Waals surface area contributed by atoms with Gasteiger partial charge in [0.1, 0.15) is 12.6 Å². The molecule has 27 heavy (non-hydrogen) atoms. The van der Waals surface area contributed by atoms with Crippen LogP contribution in [0, 0.1) is 0 Å². The summed E-state index contributed by atoms with van der Waals surface area (Å²) in [4.78, 5) is 23.7. The molecule has 0 unspecified atom stereocenters. The van der Waals surface area contributed by atoms with E-state index in [-0.39, 0.29) is 12.5 Å². The highest BCUT2D eigenvalue weighted by atomic mass is 28.3. The van der Waals surface area contributed by atoms with Crippen molar-refractivity contribution in [3.63, 3.8) is 0 Å². The third kappa shape index (κ3) is 4.39. The molecule has 0 bridgehead atoms. The Kier molecular flexibility index (Phi) is 5.37. The Labute approximate surface area is 160 Å². The highest BCUT2D eigenvalue weighted by Gasteiger charge is 2.31. The molecule has 1 aliphatic rings.